The molecule has 4 rings (SSSR count). The van der Waals surface area contributed by atoms with Gasteiger partial charge >= 0.3 is 5.97 Å². The normalized spacial score (nSPS) is 18.2. The van der Waals surface area contributed by atoms with Crippen LogP contribution < -0.4 is 0 Å². The summed E-state index contributed by atoms with van der Waals surface area (Å²) in [6, 6.07) is 11.4. The van der Waals surface area contributed by atoms with Crippen molar-refractivity contribution < 1.29 is 13.9 Å². The van der Waals surface area contributed by atoms with E-state index in [-0.39, 0.29) is 17.8 Å². The minimum atomic E-state index is -0.197. The lowest BCUT2D eigenvalue weighted by Gasteiger charge is -2.39. The highest BCUT2D eigenvalue weighted by molar-refractivity contribution is 7.99. The van der Waals surface area contributed by atoms with Crippen LogP contribution in [-0.2, 0) is 16.0 Å². The summed E-state index contributed by atoms with van der Waals surface area (Å²) in [5, 5.41) is 0.735. The van der Waals surface area contributed by atoms with Crippen LogP contribution in [0.2, 0.25) is 5.02 Å². The standard InChI is InChI=1S/C30H40ClFN2O2S/c1-2-3-4-5-6-7-8-9-30(35)36-19-18-33-14-16-34(17-15-33)27-20-23-10-12-25(32)22-29(23)37-28-13-11-24(31)21-26(27)28/h10-13,21-22,27H,2-9,14-20H2,1H3. The summed E-state index contributed by atoms with van der Waals surface area (Å²) in [5.41, 5.74) is 2.40. The number of carbonyl (C=O) groups excluding carboxylic acids is 1. The Balaban J connectivity index is 1.23. The maximum atomic E-state index is 14.0. The molecule has 0 amide bonds. The summed E-state index contributed by atoms with van der Waals surface area (Å²) in [7, 11) is 0. The molecule has 2 aliphatic rings. The predicted octanol–water partition coefficient (Wildman–Crippen LogP) is 7.53. The van der Waals surface area contributed by atoms with E-state index in [1.165, 1.54) is 43.2 Å². The molecule has 2 aromatic rings. The molecule has 0 aromatic heterocycles. The lowest BCUT2D eigenvalue weighted by molar-refractivity contribution is -0.144. The van der Waals surface area contributed by atoms with Gasteiger partial charge in [0.15, 0.2) is 0 Å². The van der Waals surface area contributed by atoms with E-state index in [9.17, 15) is 9.18 Å². The number of ether oxygens (including phenoxy) is 1. The Labute approximate surface area is 230 Å². The first kappa shape index (κ1) is 28.4. The number of carbonyl (C=O) groups is 1. The third-order valence-corrected chi connectivity index (χ3v) is 8.92. The molecule has 1 unspecified atom stereocenters. The second kappa shape index (κ2) is 14.5. The van der Waals surface area contributed by atoms with Crippen LogP contribution in [0.15, 0.2) is 46.2 Å². The number of halogens is 2. The quantitative estimate of drug-likeness (QED) is 0.203. The SMILES string of the molecule is CCCCCCCCCC(=O)OCCN1CCN(C2Cc3ccc(F)cc3Sc3ccc(Cl)cc32)CC1. The number of piperazine rings is 1. The zero-order chi connectivity index (χ0) is 26.0. The first-order valence-corrected chi connectivity index (χ1v) is 15.1. The Bertz CT molecular complexity index is 1030. The number of hydrogen-bond acceptors (Lipinski definition) is 5. The summed E-state index contributed by atoms with van der Waals surface area (Å²) in [6.07, 6.45) is 9.81. The predicted molar refractivity (Wildman–Crippen MR) is 150 cm³/mol. The van der Waals surface area contributed by atoms with Gasteiger partial charge in [-0.2, -0.15) is 0 Å². The molecular weight excluding hydrogens is 507 g/mol. The van der Waals surface area contributed by atoms with Crippen LogP contribution in [0.5, 0.6) is 0 Å². The van der Waals surface area contributed by atoms with Crippen molar-refractivity contribution in [2.45, 2.75) is 80.5 Å². The van der Waals surface area contributed by atoms with Gasteiger partial charge in [0.2, 0.25) is 0 Å². The number of rotatable bonds is 12. The lowest BCUT2D eigenvalue weighted by atomic mass is 9.96. The Morgan fingerprint density at radius 3 is 2.54 bits per heavy atom. The average Bonchev–Trinajstić information content (AvgIpc) is 3.05. The first-order chi connectivity index (χ1) is 18.0. The van der Waals surface area contributed by atoms with Gasteiger partial charge in [-0.05, 0) is 54.3 Å². The second-order valence-corrected chi connectivity index (χ2v) is 11.7. The van der Waals surface area contributed by atoms with Crippen molar-refractivity contribution in [3.8, 4) is 0 Å². The number of hydrogen-bond donors (Lipinski definition) is 0. The van der Waals surface area contributed by atoms with Gasteiger partial charge in [-0.15, -0.1) is 0 Å². The molecule has 1 fully saturated rings. The van der Waals surface area contributed by atoms with Gasteiger partial charge in [0.1, 0.15) is 12.4 Å². The Hall–Kier alpha value is -1.60. The van der Waals surface area contributed by atoms with Crippen molar-refractivity contribution in [1.82, 2.24) is 9.80 Å². The lowest BCUT2D eigenvalue weighted by Crippen LogP contribution is -2.48. The van der Waals surface area contributed by atoms with Gasteiger partial charge < -0.3 is 4.74 Å². The third-order valence-electron chi connectivity index (χ3n) is 7.50. The molecule has 2 aromatic carbocycles. The van der Waals surface area contributed by atoms with Crippen molar-refractivity contribution >= 4 is 29.3 Å². The molecule has 7 heteroatoms. The molecule has 37 heavy (non-hydrogen) atoms. The van der Waals surface area contributed by atoms with Gasteiger partial charge in [-0.1, -0.05) is 74.9 Å². The number of benzene rings is 2. The molecule has 2 aliphatic heterocycles. The topological polar surface area (TPSA) is 32.8 Å². The van der Waals surface area contributed by atoms with Crippen molar-refractivity contribution in [2.24, 2.45) is 0 Å². The molecule has 1 atom stereocenters. The van der Waals surface area contributed by atoms with Crippen molar-refractivity contribution in [3.63, 3.8) is 0 Å². The zero-order valence-electron chi connectivity index (χ0n) is 22.0. The fourth-order valence-electron chi connectivity index (χ4n) is 5.31. The summed E-state index contributed by atoms with van der Waals surface area (Å²) in [5.74, 6) is -0.260. The van der Waals surface area contributed by atoms with Crippen LogP contribution in [0, 0.1) is 5.82 Å². The fraction of sp³-hybridized carbons (Fsp3) is 0.567. The maximum Gasteiger partial charge on any atom is 0.305 e. The molecule has 202 valence electrons. The zero-order valence-corrected chi connectivity index (χ0v) is 23.6. The van der Waals surface area contributed by atoms with Gasteiger partial charge in [-0.3, -0.25) is 14.6 Å². The highest BCUT2D eigenvalue weighted by Crippen LogP contribution is 2.44. The van der Waals surface area contributed by atoms with Crippen LogP contribution in [0.25, 0.3) is 0 Å². The van der Waals surface area contributed by atoms with Gasteiger partial charge in [-0.25, -0.2) is 4.39 Å². The number of esters is 1. The summed E-state index contributed by atoms with van der Waals surface area (Å²) < 4.78 is 19.5. The van der Waals surface area contributed by atoms with Crippen molar-refractivity contribution in [2.75, 3.05) is 39.3 Å². The number of fused-ring (bicyclic) bond motifs is 2. The molecule has 0 saturated carbocycles. The van der Waals surface area contributed by atoms with Crippen molar-refractivity contribution in [1.29, 1.82) is 0 Å². The van der Waals surface area contributed by atoms with Gasteiger partial charge in [0.25, 0.3) is 0 Å². The van der Waals surface area contributed by atoms with Crippen LogP contribution in [-0.4, -0.2) is 55.1 Å². The molecule has 0 bridgehead atoms. The van der Waals surface area contributed by atoms with Crippen LogP contribution in [0.3, 0.4) is 0 Å². The minimum absolute atomic E-state index is 0.0632. The van der Waals surface area contributed by atoms with Crippen molar-refractivity contribution in [3.05, 3.63) is 58.4 Å². The highest BCUT2D eigenvalue weighted by atomic mass is 35.5. The van der Waals surface area contributed by atoms with Crippen LogP contribution >= 0.6 is 23.4 Å². The number of unbranched alkanes of at least 4 members (excludes halogenated alkanes) is 6. The van der Waals surface area contributed by atoms with Gasteiger partial charge in [0.05, 0.1) is 0 Å². The van der Waals surface area contributed by atoms with E-state index < -0.39 is 0 Å². The molecule has 0 aliphatic carbocycles. The van der Waals surface area contributed by atoms with E-state index in [2.05, 4.69) is 28.9 Å². The minimum Gasteiger partial charge on any atom is -0.464 e. The Morgan fingerprint density at radius 2 is 1.76 bits per heavy atom. The van der Waals surface area contributed by atoms with E-state index in [0.717, 1.165) is 66.8 Å². The molecule has 0 N–H and O–H groups in total. The number of nitrogens with zero attached hydrogens (tertiary/aromatic N) is 2. The highest BCUT2D eigenvalue weighted by Gasteiger charge is 2.30. The average molecular weight is 547 g/mol. The van der Waals surface area contributed by atoms with E-state index >= 15 is 0 Å². The Morgan fingerprint density at radius 1 is 1.00 bits per heavy atom. The molecule has 1 saturated heterocycles. The van der Waals surface area contributed by atoms with Crippen LogP contribution in [0.4, 0.5) is 4.39 Å². The maximum absolute atomic E-state index is 14.0. The smallest absolute Gasteiger partial charge is 0.305 e. The molecule has 4 nitrogen and oxygen atoms in total. The largest absolute Gasteiger partial charge is 0.464 e. The molecule has 2 heterocycles. The molecule has 0 spiro atoms. The van der Waals surface area contributed by atoms with Gasteiger partial charge in [0, 0.05) is 60.0 Å². The second-order valence-electron chi connectivity index (χ2n) is 10.2. The fourth-order valence-corrected chi connectivity index (χ4v) is 6.63. The van der Waals surface area contributed by atoms with E-state index in [1.807, 2.05) is 12.1 Å². The van der Waals surface area contributed by atoms with E-state index in [1.54, 1.807) is 23.9 Å². The first-order valence-electron chi connectivity index (χ1n) is 13.9. The Kier molecular flexibility index (Phi) is 11.2. The molecular formula is C30H40ClFN2O2S. The van der Waals surface area contributed by atoms with Crippen LogP contribution in [0.1, 0.15) is 75.5 Å². The summed E-state index contributed by atoms with van der Waals surface area (Å²) >= 11 is 8.04. The molecule has 0 radical (unpaired) electrons. The summed E-state index contributed by atoms with van der Waals surface area (Å²) in [6.45, 7) is 7.21. The van der Waals surface area contributed by atoms with E-state index in [0.29, 0.717) is 13.0 Å². The summed E-state index contributed by atoms with van der Waals surface area (Å²) in [4.78, 5) is 19.1. The van der Waals surface area contributed by atoms with E-state index in [4.69, 9.17) is 16.3 Å². The third kappa shape index (κ3) is 8.44. The monoisotopic (exact) mass is 546 g/mol.